The molecule has 0 bridgehead atoms. The average molecular weight is 479 g/mol. The summed E-state index contributed by atoms with van der Waals surface area (Å²) in [5.41, 5.74) is 2.43. The van der Waals surface area contributed by atoms with Gasteiger partial charge in [-0.3, -0.25) is 4.79 Å². The van der Waals surface area contributed by atoms with Gasteiger partial charge in [0.15, 0.2) is 0 Å². The maximum atomic E-state index is 12.2. The molecule has 1 atom stereocenters. The van der Waals surface area contributed by atoms with Gasteiger partial charge in [0, 0.05) is 26.0 Å². The van der Waals surface area contributed by atoms with Crippen molar-refractivity contribution in [2.45, 2.75) is 6.04 Å². The van der Waals surface area contributed by atoms with Crippen LogP contribution in [0.4, 0.5) is 17.5 Å². The number of oxazole rings is 1. The summed E-state index contributed by atoms with van der Waals surface area (Å²) >= 11 is 6.32. The first-order valence-electron chi connectivity index (χ1n) is 10.4. The van der Waals surface area contributed by atoms with Crippen molar-refractivity contribution < 1.29 is 14.3 Å². The first-order chi connectivity index (χ1) is 16.5. The zero-order chi connectivity index (χ0) is 24.1. The van der Waals surface area contributed by atoms with Gasteiger partial charge in [-0.1, -0.05) is 41.9 Å². The van der Waals surface area contributed by atoms with E-state index in [1.807, 2.05) is 30.3 Å². The van der Waals surface area contributed by atoms with Gasteiger partial charge in [-0.05, 0) is 23.8 Å². The molecule has 0 unspecified atom stereocenters. The quantitative estimate of drug-likeness (QED) is 0.341. The number of anilines is 3. The molecule has 34 heavy (non-hydrogen) atoms. The largest absolute Gasteiger partial charge is 0.444 e. The Morgan fingerprint density at radius 2 is 1.97 bits per heavy atom. The van der Waals surface area contributed by atoms with Crippen LogP contribution in [-0.2, 0) is 0 Å². The van der Waals surface area contributed by atoms with Crippen LogP contribution in [0.3, 0.4) is 0 Å². The number of halogens is 1. The van der Waals surface area contributed by atoms with Gasteiger partial charge in [0.25, 0.3) is 5.91 Å². The van der Waals surface area contributed by atoms with Crippen molar-refractivity contribution in [2.75, 3.05) is 31.3 Å². The fourth-order valence-corrected chi connectivity index (χ4v) is 3.55. The molecule has 9 nitrogen and oxygen atoms in total. The number of nitrogens with one attached hydrogen (secondary N) is 2. The monoisotopic (exact) mass is 478 g/mol. The summed E-state index contributed by atoms with van der Waals surface area (Å²) in [7, 11) is 3.33. The Morgan fingerprint density at radius 1 is 1.18 bits per heavy atom. The minimum atomic E-state index is -0.413. The van der Waals surface area contributed by atoms with Crippen LogP contribution in [0.2, 0.25) is 5.02 Å². The topological polar surface area (TPSA) is 116 Å². The van der Waals surface area contributed by atoms with Crippen molar-refractivity contribution in [3.05, 3.63) is 83.3 Å². The van der Waals surface area contributed by atoms with Crippen molar-refractivity contribution in [3.8, 4) is 11.5 Å². The van der Waals surface area contributed by atoms with E-state index >= 15 is 0 Å². The van der Waals surface area contributed by atoms with E-state index in [4.69, 9.17) is 16.0 Å². The molecule has 3 N–H and O–H groups in total. The van der Waals surface area contributed by atoms with Crippen LogP contribution in [-0.4, -0.2) is 51.6 Å². The molecule has 0 saturated carbocycles. The second-order valence-electron chi connectivity index (χ2n) is 7.60. The third kappa shape index (κ3) is 5.16. The van der Waals surface area contributed by atoms with Crippen molar-refractivity contribution in [1.29, 1.82) is 0 Å². The highest BCUT2D eigenvalue weighted by Gasteiger charge is 2.18. The number of hydrogen-bond donors (Lipinski definition) is 3. The number of benzene rings is 2. The van der Waals surface area contributed by atoms with E-state index in [2.05, 4.69) is 25.6 Å². The molecule has 0 spiro atoms. The highest BCUT2D eigenvalue weighted by Crippen LogP contribution is 2.30. The molecule has 0 saturated heterocycles. The maximum absolute atomic E-state index is 12.2. The normalized spacial score (nSPS) is 11.6. The number of aliphatic hydroxyl groups excluding tert-OH is 1. The predicted molar refractivity (Wildman–Crippen MR) is 130 cm³/mol. The molecule has 2 aromatic carbocycles. The summed E-state index contributed by atoms with van der Waals surface area (Å²) in [5, 5.41) is 16.7. The summed E-state index contributed by atoms with van der Waals surface area (Å²) in [4.78, 5) is 26.8. The van der Waals surface area contributed by atoms with Crippen molar-refractivity contribution in [3.63, 3.8) is 0 Å². The van der Waals surface area contributed by atoms with Crippen molar-refractivity contribution >= 4 is 35.0 Å². The lowest BCUT2D eigenvalue weighted by Gasteiger charge is -2.19. The lowest BCUT2D eigenvalue weighted by Crippen LogP contribution is -2.22. The van der Waals surface area contributed by atoms with Gasteiger partial charge in [0.2, 0.25) is 11.8 Å². The number of hydrogen-bond acceptors (Lipinski definition) is 8. The van der Waals surface area contributed by atoms with Crippen LogP contribution in [0.15, 0.2) is 71.6 Å². The van der Waals surface area contributed by atoms with E-state index < -0.39 is 6.04 Å². The highest BCUT2D eigenvalue weighted by molar-refractivity contribution is 6.34. The van der Waals surface area contributed by atoms with Gasteiger partial charge in [-0.2, -0.15) is 4.98 Å². The van der Waals surface area contributed by atoms with E-state index in [0.29, 0.717) is 33.5 Å². The molecule has 2 heterocycles. The third-order valence-corrected chi connectivity index (χ3v) is 5.32. The summed E-state index contributed by atoms with van der Waals surface area (Å²) in [5.74, 6) is 0.859. The zero-order valence-electron chi connectivity index (χ0n) is 18.6. The Bertz CT molecular complexity index is 1270. The fraction of sp³-hybridized carbons (Fsp3) is 0.167. The second kappa shape index (κ2) is 10.3. The molecular weight excluding hydrogens is 456 g/mol. The Morgan fingerprint density at radius 3 is 2.62 bits per heavy atom. The van der Waals surface area contributed by atoms with Crippen LogP contribution in [0.1, 0.15) is 22.0 Å². The maximum Gasteiger partial charge on any atom is 0.254 e. The van der Waals surface area contributed by atoms with Crippen LogP contribution >= 0.6 is 11.6 Å². The third-order valence-electron chi connectivity index (χ3n) is 5.01. The molecule has 10 heteroatoms. The smallest absolute Gasteiger partial charge is 0.254 e. The molecule has 4 rings (SSSR count). The fourth-order valence-electron chi connectivity index (χ4n) is 3.29. The molecule has 2 aromatic heterocycles. The zero-order valence-corrected chi connectivity index (χ0v) is 19.3. The van der Waals surface area contributed by atoms with E-state index in [0.717, 1.165) is 5.56 Å². The number of aliphatic hydroxyl groups is 1. The van der Waals surface area contributed by atoms with Crippen LogP contribution in [0.5, 0.6) is 0 Å². The molecule has 4 aromatic rings. The predicted octanol–water partition coefficient (Wildman–Crippen LogP) is 4.38. The van der Waals surface area contributed by atoms with Crippen LogP contribution in [0.25, 0.3) is 11.5 Å². The first-order valence-corrected chi connectivity index (χ1v) is 10.8. The minimum absolute atomic E-state index is 0.154. The van der Waals surface area contributed by atoms with Crippen LogP contribution in [0, 0.1) is 0 Å². The standard InChI is InChI=1S/C24H23ClN6O3/c1-31(2)23(33)17-9-8-16(12-19(17)25)28-24-27-13-18(22-26-10-11-34-22)21(30-24)29-20(14-32)15-6-4-3-5-7-15/h3-13,20,32H,14H2,1-2H3,(H2,27,28,29,30)/t20-/m1/s1. The molecule has 1 amide bonds. The number of amides is 1. The van der Waals surface area contributed by atoms with Gasteiger partial charge in [-0.25, -0.2) is 9.97 Å². The molecule has 0 aliphatic carbocycles. The van der Waals surface area contributed by atoms with Gasteiger partial charge in [-0.15, -0.1) is 0 Å². The summed E-state index contributed by atoms with van der Waals surface area (Å²) in [6, 6.07) is 14.1. The van der Waals surface area contributed by atoms with Gasteiger partial charge in [0.1, 0.15) is 12.1 Å². The highest BCUT2D eigenvalue weighted by atomic mass is 35.5. The molecular formula is C24H23ClN6O3. The average Bonchev–Trinajstić information content (AvgIpc) is 3.37. The van der Waals surface area contributed by atoms with Crippen molar-refractivity contribution in [1.82, 2.24) is 19.9 Å². The summed E-state index contributed by atoms with van der Waals surface area (Å²) in [6.45, 7) is -0.154. The Balaban J connectivity index is 1.65. The second-order valence-corrected chi connectivity index (χ2v) is 8.01. The number of nitrogens with zero attached hydrogens (tertiary/aromatic N) is 4. The number of carbonyl (C=O) groups excluding carboxylic acids is 1. The molecule has 0 aliphatic heterocycles. The SMILES string of the molecule is CN(C)C(=O)c1ccc(Nc2ncc(-c3ncco3)c(N[C@H](CO)c3ccccc3)n2)cc1Cl. The van der Waals surface area contributed by atoms with Gasteiger partial charge < -0.3 is 25.1 Å². The molecule has 0 radical (unpaired) electrons. The number of rotatable bonds is 8. The summed E-state index contributed by atoms with van der Waals surface area (Å²) < 4.78 is 5.44. The van der Waals surface area contributed by atoms with E-state index in [1.54, 1.807) is 38.5 Å². The van der Waals surface area contributed by atoms with Crippen molar-refractivity contribution in [2.24, 2.45) is 0 Å². The van der Waals surface area contributed by atoms with Gasteiger partial charge in [0.05, 0.1) is 35.0 Å². The molecule has 174 valence electrons. The Kier molecular flexibility index (Phi) is 7.05. The Hall–Kier alpha value is -3.95. The van der Waals surface area contributed by atoms with E-state index in [1.165, 1.54) is 17.4 Å². The number of aromatic nitrogens is 3. The lowest BCUT2D eigenvalue weighted by molar-refractivity contribution is 0.0828. The first kappa shape index (κ1) is 23.2. The van der Waals surface area contributed by atoms with E-state index in [9.17, 15) is 9.90 Å². The molecule has 0 aliphatic rings. The summed E-state index contributed by atoms with van der Waals surface area (Å²) in [6.07, 6.45) is 4.57. The van der Waals surface area contributed by atoms with Gasteiger partial charge >= 0.3 is 0 Å². The van der Waals surface area contributed by atoms with Crippen LogP contribution < -0.4 is 10.6 Å². The lowest BCUT2D eigenvalue weighted by atomic mass is 10.1. The van der Waals surface area contributed by atoms with E-state index in [-0.39, 0.29) is 18.5 Å². The minimum Gasteiger partial charge on any atom is -0.444 e. The Labute approximate surface area is 201 Å². The molecule has 0 fully saturated rings. The number of carbonyl (C=O) groups is 1.